The van der Waals surface area contributed by atoms with Gasteiger partial charge in [0.2, 0.25) is 0 Å². The zero-order chi connectivity index (χ0) is 10.2. The van der Waals surface area contributed by atoms with Crippen LogP contribution in [-0.4, -0.2) is 12.3 Å². The number of halogens is 1. The summed E-state index contributed by atoms with van der Waals surface area (Å²) in [6.07, 6.45) is 0. The minimum Gasteiger partial charge on any atom is -0.384 e. The highest BCUT2D eigenvalue weighted by atomic mass is 79.9. The predicted molar refractivity (Wildman–Crippen MR) is 67.1 cm³/mol. The van der Waals surface area contributed by atoms with E-state index in [0.29, 0.717) is 5.41 Å². The molecule has 0 amide bonds. The van der Waals surface area contributed by atoms with E-state index in [4.69, 9.17) is 0 Å². The summed E-state index contributed by atoms with van der Waals surface area (Å²) in [5.41, 5.74) is 1.64. The predicted octanol–water partition coefficient (Wildman–Crippen LogP) is 3.99. The van der Waals surface area contributed by atoms with Crippen LogP contribution in [0.25, 0.3) is 0 Å². The molecule has 1 nitrogen and oxygen atoms in total. The van der Waals surface area contributed by atoms with Crippen molar-refractivity contribution in [2.45, 2.75) is 18.7 Å². The number of nitrogens with one attached hydrogen (secondary N) is 1. The second-order valence-corrected chi connectivity index (χ2v) is 6.38. The zero-order valence-electron chi connectivity index (χ0n) is 8.43. The molecule has 14 heavy (non-hydrogen) atoms. The molecule has 1 aliphatic rings. The Morgan fingerprint density at radius 1 is 1.43 bits per heavy atom. The van der Waals surface area contributed by atoms with Crippen LogP contribution in [0.3, 0.4) is 0 Å². The van der Waals surface area contributed by atoms with Crippen molar-refractivity contribution in [2.24, 2.45) is 5.41 Å². The van der Waals surface area contributed by atoms with Crippen LogP contribution in [0.4, 0.5) is 5.69 Å². The van der Waals surface area contributed by atoms with Crippen molar-refractivity contribution in [1.29, 1.82) is 0 Å². The quantitative estimate of drug-likeness (QED) is 0.766. The minimum atomic E-state index is 0.371. The van der Waals surface area contributed by atoms with E-state index in [9.17, 15) is 0 Å². The van der Waals surface area contributed by atoms with Gasteiger partial charge < -0.3 is 5.32 Å². The maximum absolute atomic E-state index is 3.50. The highest BCUT2D eigenvalue weighted by molar-refractivity contribution is 9.10. The number of thioether (sulfide) groups is 1. The van der Waals surface area contributed by atoms with Gasteiger partial charge in [0.25, 0.3) is 0 Å². The van der Waals surface area contributed by atoms with E-state index < -0.39 is 0 Å². The lowest BCUT2D eigenvalue weighted by Crippen LogP contribution is -2.23. The number of hydrogen-bond donors (Lipinski definition) is 1. The maximum Gasteiger partial charge on any atom is 0.0479 e. The van der Waals surface area contributed by atoms with E-state index in [2.05, 4.69) is 53.3 Å². The lowest BCUT2D eigenvalue weighted by atomic mass is 9.96. The average Bonchev–Trinajstić information content (AvgIpc) is 2.26. The first-order valence-electron chi connectivity index (χ1n) is 4.73. The molecule has 1 heterocycles. The fourth-order valence-corrected chi connectivity index (χ4v) is 3.09. The topological polar surface area (TPSA) is 12.0 Å². The van der Waals surface area contributed by atoms with Crippen molar-refractivity contribution >= 4 is 33.4 Å². The summed E-state index contributed by atoms with van der Waals surface area (Å²) in [7, 11) is 0. The number of anilines is 1. The van der Waals surface area contributed by atoms with Gasteiger partial charge in [0.05, 0.1) is 0 Å². The van der Waals surface area contributed by atoms with Crippen LogP contribution in [-0.2, 0) is 0 Å². The van der Waals surface area contributed by atoms with E-state index in [1.807, 2.05) is 11.8 Å². The summed E-state index contributed by atoms with van der Waals surface area (Å²) in [4.78, 5) is 1.35. The highest BCUT2D eigenvalue weighted by Crippen LogP contribution is 2.37. The molecule has 3 heteroatoms. The van der Waals surface area contributed by atoms with Crippen molar-refractivity contribution in [3.05, 3.63) is 22.7 Å². The summed E-state index contributed by atoms with van der Waals surface area (Å²) in [5.74, 6) is 1.17. The Morgan fingerprint density at radius 3 is 3.00 bits per heavy atom. The largest absolute Gasteiger partial charge is 0.384 e. The molecule has 1 aliphatic heterocycles. The molecule has 0 bridgehead atoms. The molecule has 0 saturated heterocycles. The Morgan fingerprint density at radius 2 is 2.21 bits per heavy atom. The molecule has 1 N–H and O–H groups in total. The lowest BCUT2D eigenvalue weighted by Gasteiger charge is -2.21. The smallest absolute Gasteiger partial charge is 0.0479 e. The van der Waals surface area contributed by atoms with Gasteiger partial charge in [-0.25, -0.2) is 0 Å². The Labute approximate surface area is 97.8 Å². The van der Waals surface area contributed by atoms with Crippen molar-refractivity contribution in [3.63, 3.8) is 0 Å². The average molecular weight is 272 g/mol. The molecule has 1 aromatic carbocycles. The maximum atomic E-state index is 3.50. The van der Waals surface area contributed by atoms with Crippen LogP contribution in [0.1, 0.15) is 13.8 Å². The summed E-state index contributed by atoms with van der Waals surface area (Å²) in [6, 6.07) is 6.42. The van der Waals surface area contributed by atoms with Crippen LogP contribution in [0, 0.1) is 5.41 Å². The van der Waals surface area contributed by atoms with Gasteiger partial charge in [0, 0.05) is 27.4 Å². The number of rotatable bonds is 0. The molecule has 0 saturated carbocycles. The van der Waals surface area contributed by atoms with E-state index in [-0.39, 0.29) is 0 Å². The van der Waals surface area contributed by atoms with Gasteiger partial charge in [0.1, 0.15) is 0 Å². The van der Waals surface area contributed by atoms with Gasteiger partial charge in [-0.1, -0.05) is 29.8 Å². The summed E-state index contributed by atoms with van der Waals surface area (Å²) in [6.45, 7) is 5.65. The van der Waals surface area contributed by atoms with Gasteiger partial charge in [-0.05, 0) is 23.6 Å². The third-order valence-corrected chi connectivity index (χ3v) is 4.39. The number of hydrogen-bond acceptors (Lipinski definition) is 2. The molecular weight excluding hydrogens is 258 g/mol. The fourth-order valence-electron chi connectivity index (χ4n) is 1.42. The van der Waals surface area contributed by atoms with Crippen LogP contribution in [0.2, 0.25) is 0 Å². The van der Waals surface area contributed by atoms with Gasteiger partial charge in [-0.2, -0.15) is 0 Å². The van der Waals surface area contributed by atoms with Crippen molar-refractivity contribution in [3.8, 4) is 0 Å². The van der Waals surface area contributed by atoms with Crippen LogP contribution in [0.5, 0.6) is 0 Å². The van der Waals surface area contributed by atoms with Crippen molar-refractivity contribution in [1.82, 2.24) is 0 Å². The van der Waals surface area contributed by atoms with Gasteiger partial charge in [-0.15, -0.1) is 11.8 Å². The Bertz CT molecular complexity index is 349. The second-order valence-electron chi connectivity index (χ2n) is 4.45. The standard InChI is InChI=1S/C11H14BrNS/c1-11(2)6-13-9-4-3-8(12)5-10(9)14-7-11/h3-5,13H,6-7H2,1-2H3. The van der Waals surface area contributed by atoms with E-state index in [0.717, 1.165) is 11.0 Å². The molecule has 0 aromatic heterocycles. The molecular formula is C11H14BrNS. The van der Waals surface area contributed by atoms with Crippen LogP contribution < -0.4 is 5.32 Å². The normalized spacial score (nSPS) is 19.4. The van der Waals surface area contributed by atoms with E-state index >= 15 is 0 Å². The van der Waals surface area contributed by atoms with Crippen molar-refractivity contribution < 1.29 is 0 Å². The summed E-state index contributed by atoms with van der Waals surface area (Å²) >= 11 is 5.44. The van der Waals surface area contributed by atoms with Crippen molar-refractivity contribution in [2.75, 3.05) is 17.6 Å². The van der Waals surface area contributed by atoms with Crippen LogP contribution >= 0.6 is 27.7 Å². The third kappa shape index (κ3) is 2.26. The molecule has 0 radical (unpaired) electrons. The first kappa shape index (κ1) is 10.4. The SMILES string of the molecule is CC1(C)CNc2ccc(Br)cc2SC1. The van der Waals surface area contributed by atoms with Crippen LogP contribution in [0.15, 0.2) is 27.6 Å². The highest BCUT2D eigenvalue weighted by Gasteiger charge is 2.22. The van der Waals surface area contributed by atoms with E-state index in [1.165, 1.54) is 16.3 Å². The second kappa shape index (κ2) is 3.78. The summed E-state index contributed by atoms with van der Waals surface area (Å²) < 4.78 is 1.16. The first-order valence-corrected chi connectivity index (χ1v) is 6.51. The fraction of sp³-hybridized carbons (Fsp3) is 0.455. The number of fused-ring (bicyclic) bond motifs is 1. The zero-order valence-corrected chi connectivity index (χ0v) is 10.8. The van der Waals surface area contributed by atoms with E-state index in [1.54, 1.807) is 0 Å². The van der Waals surface area contributed by atoms with Gasteiger partial charge in [-0.3, -0.25) is 0 Å². The third-order valence-electron chi connectivity index (χ3n) is 2.32. The molecule has 0 atom stereocenters. The molecule has 0 aliphatic carbocycles. The molecule has 1 aromatic rings. The first-order chi connectivity index (χ1) is 6.57. The van der Waals surface area contributed by atoms with Gasteiger partial charge in [0.15, 0.2) is 0 Å². The minimum absolute atomic E-state index is 0.371. The Kier molecular flexibility index (Phi) is 2.80. The molecule has 0 unspecified atom stereocenters. The Hall–Kier alpha value is -0.150. The Balaban J connectivity index is 2.30. The number of benzene rings is 1. The summed E-state index contributed by atoms with van der Waals surface area (Å²) in [5, 5.41) is 3.50. The lowest BCUT2D eigenvalue weighted by molar-refractivity contribution is 0.456. The van der Waals surface area contributed by atoms with Gasteiger partial charge >= 0.3 is 0 Å². The molecule has 2 rings (SSSR count). The molecule has 0 fully saturated rings. The molecule has 0 spiro atoms. The monoisotopic (exact) mass is 271 g/mol. The molecule has 76 valence electrons.